The van der Waals surface area contributed by atoms with Crippen LogP contribution in [-0.2, 0) is 6.54 Å². The Balaban J connectivity index is 1.80. The number of carbonyl (C=O) groups excluding carboxylic acids is 1. The molecule has 0 saturated heterocycles. The second-order valence-corrected chi connectivity index (χ2v) is 4.73. The fourth-order valence-corrected chi connectivity index (χ4v) is 2.20. The Bertz CT molecular complexity index is 557. The van der Waals surface area contributed by atoms with Gasteiger partial charge in [0.1, 0.15) is 18.4 Å². The van der Waals surface area contributed by atoms with Gasteiger partial charge in [0, 0.05) is 6.54 Å². The lowest BCUT2D eigenvalue weighted by Gasteiger charge is -2.17. The summed E-state index contributed by atoms with van der Waals surface area (Å²) in [5, 5.41) is 7.21. The van der Waals surface area contributed by atoms with E-state index >= 15 is 0 Å². The molecule has 1 aliphatic carbocycles. The average Bonchev–Trinajstić information content (AvgIpc) is 2.95. The van der Waals surface area contributed by atoms with Gasteiger partial charge in [-0.05, 0) is 31.7 Å². The lowest BCUT2D eigenvalue weighted by Crippen LogP contribution is -2.31. The van der Waals surface area contributed by atoms with E-state index < -0.39 is 0 Å². The third-order valence-corrected chi connectivity index (χ3v) is 3.39. The molecule has 1 saturated carbocycles. The zero-order chi connectivity index (χ0) is 13.2. The third kappa shape index (κ3) is 2.38. The Morgan fingerprint density at radius 2 is 2.47 bits per heavy atom. The van der Waals surface area contributed by atoms with Gasteiger partial charge in [0.05, 0.1) is 17.9 Å². The first-order valence-corrected chi connectivity index (χ1v) is 6.50. The lowest BCUT2D eigenvalue weighted by atomic mass is 10.1. The van der Waals surface area contributed by atoms with Crippen molar-refractivity contribution in [2.45, 2.75) is 32.4 Å². The summed E-state index contributed by atoms with van der Waals surface area (Å²) in [6.45, 7) is 2.76. The molecule has 3 rings (SSSR count). The number of aromatic nitrogens is 3. The zero-order valence-corrected chi connectivity index (χ0v) is 10.7. The first-order valence-electron chi connectivity index (χ1n) is 6.50. The van der Waals surface area contributed by atoms with Crippen molar-refractivity contribution in [1.82, 2.24) is 20.1 Å². The van der Waals surface area contributed by atoms with Gasteiger partial charge >= 0.3 is 0 Å². The smallest absolute Gasteiger partial charge is 0.255 e. The molecule has 1 fully saturated rings. The number of hydrogen-bond donors (Lipinski definition) is 1. The Morgan fingerprint density at radius 3 is 3.11 bits per heavy atom. The maximum atomic E-state index is 12.1. The van der Waals surface area contributed by atoms with Gasteiger partial charge in [-0.15, -0.1) is 0 Å². The highest BCUT2D eigenvalue weighted by Crippen LogP contribution is 2.40. The molecule has 0 aliphatic heterocycles. The molecule has 1 aliphatic rings. The maximum absolute atomic E-state index is 12.1. The van der Waals surface area contributed by atoms with Gasteiger partial charge in [-0.3, -0.25) is 4.79 Å². The minimum atomic E-state index is -0.128. The van der Waals surface area contributed by atoms with E-state index in [1.165, 1.54) is 18.9 Å². The van der Waals surface area contributed by atoms with Crippen LogP contribution in [0.25, 0.3) is 0 Å². The Morgan fingerprint density at radius 1 is 1.63 bits per heavy atom. The molecule has 1 unspecified atom stereocenters. The molecule has 1 N–H and O–H groups in total. The normalized spacial score (nSPS) is 16.3. The first-order chi connectivity index (χ1) is 9.29. The van der Waals surface area contributed by atoms with Gasteiger partial charge in [-0.2, -0.15) is 5.10 Å². The molecule has 6 heteroatoms. The third-order valence-electron chi connectivity index (χ3n) is 3.39. The minimum absolute atomic E-state index is 0.0650. The number of aryl methyl sites for hydroxylation is 1. The van der Waals surface area contributed by atoms with E-state index in [9.17, 15) is 4.79 Å². The topological polar surface area (TPSA) is 73.0 Å². The first kappa shape index (κ1) is 12.0. The van der Waals surface area contributed by atoms with Crippen LogP contribution in [-0.4, -0.2) is 20.7 Å². The van der Waals surface area contributed by atoms with Crippen molar-refractivity contribution in [3.8, 4) is 0 Å². The summed E-state index contributed by atoms with van der Waals surface area (Å²) in [5.41, 5.74) is 0.535. The molecular formula is C13H16N4O2. The van der Waals surface area contributed by atoms with E-state index in [1.807, 2.05) is 11.6 Å². The predicted octanol–water partition coefficient (Wildman–Crippen LogP) is 1.77. The molecule has 6 nitrogen and oxygen atoms in total. The summed E-state index contributed by atoms with van der Waals surface area (Å²) in [7, 11) is 0. The largest absolute Gasteiger partial charge is 0.472 e. The molecule has 2 aromatic heterocycles. The SMILES string of the molecule is CCn1ncnc1C(NC(=O)c1ccoc1)C1CC1. The van der Waals surface area contributed by atoms with Crippen molar-refractivity contribution in [1.29, 1.82) is 0 Å². The molecule has 2 heterocycles. The Labute approximate surface area is 110 Å². The van der Waals surface area contributed by atoms with Crippen molar-refractivity contribution >= 4 is 5.91 Å². The van der Waals surface area contributed by atoms with Crippen molar-refractivity contribution in [3.63, 3.8) is 0 Å². The van der Waals surface area contributed by atoms with Crippen LogP contribution in [0.4, 0.5) is 0 Å². The molecule has 100 valence electrons. The van der Waals surface area contributed by atoms with Crippen LogP contribution < -0.4 is 5.32 Å². The summed E-state index contributed by atoms with van der Waals surface area (Å²) in [6, 6.07) is 1.59. The van der Waals surface area contributed by atoms with Crippen molar-refractivity contribution in [3.05, 3.63) is 36.3 Å². The van der Waals surface area contributed by atoms with Crippen molar-refractivity contribution in [2.75, 3.05) is 0 Å². The quantitative estimate of drug-likeness (QED) is 0.889. The van der Waals surface area contributed by atoms with Gasteiger partial charge < -0.3 is 9.73 Å². The highest BCUT2D eigenvalue weighted by Gasteiger charge is 2.36. The Hall–Kier alpha value is -2.11. The van der Waals surface area contributed by atoms with Gasteiger partial charge in [0.25, 0.3) is 5.91 Å². The van der Waals surface area contributed by atoms with Crippen molar-refractivity contribution < 1.29 is 9.21 Å². The standard InChI is InChI=1S/C13H16N4O2/c1-2-17-12(14-8-15-17)11(9-3-4-9)16-13(18)10-5-6-19-7-10/h5-9,11H,2-4H2,1H3,(H,16,18). The van der Waals surface area contributed by atoms with E-state index in [4.69, 9.17) is 4.42 Å². The number of amides is 1. The number of nitrogens with one attached hydrogen (secondary N) is 1. The number of carbonyl (C=O) groups is 1. The van der Waals surface area contributed by atoms with Crippen molar-refractivity contribution in [2.24, 2.45) is 5.92 Å². The number of nitrogens with zero attached hydrogens (tertiary/aromatic N) is 3. The van der Waals surface area contributed by atoms with E-state index in [-0.39, 0.29) is 11.9 Å². The second kappa shape index (κ2) is 4.87. The van der Waals surface area contributed by atoms with Gasteiger partial charge in [0.2, 0.25) is 0 Å². The summed E-state index contributed by atoms with van der Waals surface area (Å²) in [6.07, 6.45) is 6.72. The molecule has 19 heavy (non-hydrogen) atoms. The number of rotatable bonds is 5. The molecule has 1 atom stereocenters. The maximum Gasteiger partial charge on any atom is 0.255 e. The molecule has 1 amide bonds. The number of hydrogen-bond acceptors (Lipinski definition) is 4. The highest BCUT2D eigenvalue weighted by atomic mass is 16.3. The fraction of sp³-hybridized carbons (Fsp3) is 0.462. The van der Waals surface area contributed by atoms with Crippen LogP contribution >= 0.6 is 0 Å². The lowest BCUT2D eigenvalue weighted by molar-refractivity contribution is 0.0928. The fourth-order valence-electron chi connectivity index (χ4n) is 2.20. The van der Waals surface area contributed by atoms with E-state index in [2.05, 4.69) is 15.4 Å². The highest BCUT2D eigenvalue weighted by molar-refractivity contribution is 5.94. The molecule has 2 aromatic rings. The summed E-state index contributed by atoms with van der Waals surface area (Å²) < 4.78 is 6.77. The van der Waals surface area contributed by atoms with E-state index in [1.54, 1.807) is 6.07 Å². The summed E-state index contributed by atoms with van der Waals surface area (Å²) in [4.78, 5) is 16.4. The predicted molar refractivity (Wildman–Crippen MR) is 67.3 cm³/mol. The summed E-state index contributed by atoms with van der Waals surface area (Å²) >= 11 is 0. The average molecular weight is 260 g/mol. The van der Waals surface area contributed by atoms with Gasteiger partial charge in [-0.25, -0.2) is 9.67 Å². The van der Waals surface area contributed by atoms with Crippen LogP contribution in [0.5, 0.6) is 0 Å². The summed E-state index contributed by atoms with van der Waals surface area (Å²) in [5.74, 6) is 1.17. The molecule has 0 radical (unpaired) electrons. The monoisotopic (exact) mass is 260 g/mol. The Kier molecular flexibility index (Phi) is 3.06. The molecular weight excluding hydrogens is 244 g/mol. The number of furan rings is 1. The van der Waals surface area contributed by atoms with E-state index in [0.29, 0.717) is 11.5 Å². The molecule has 0 bridgehead atoms. The van der Waals surface area contributed by atoms with Crippen LogP contribution in [0.15, 0.2) is 29.3 Å². The van der Waals surface area contributed by atoms with Crippen LogP contribution in [0.2, 0.25) is 0 Å². The van der Waals surface area contributed by atoms with Gasteiger partial charge in [-0.1, -0.05) is 0 Å². The van der Waals surface area contributed by atoms with E-state index in [0.717, 1.165) is 25.2 Å². The second-order valence-electron chi connectivity index (χ2n) is 4.73. The minimum Gasteiger partial charge on any atom is -0.472 e. The van der Waals surface area contributed by atoms with Crippen LogP contribution in [0, 0.1) is 5.92 Å². The zero-order valence-electron chi connectivity index (χ0n) is 10.7. The molecule has 0 spiro atoms. The van der Waals surface area contributed by atoms with Gasteiger partial charge in [0.15, 0.2) is 0 Å². The van der Waals surface area contributed by atoms with Crippen LogP contribution in [0.3, 0.4) is 0 Å². The van der Waals surface area contributed by atoms with Crippen LogP contribution in [0.1, 0.15) is 42.0 Å². The molecule has 0 aromatic carbocycles.